The lowest BCUT2D eigenvalue weighted by Gasteiger charge is -2.14. The molecule has 0 bridgehead atoms. The van der Waals surface area contributed by atoms with Gasteiger partial charge in [-0.15, -0.1) is 0 Å². The zero-order chi connectivity index (χ0) is 13.9. The van der Waals surface area contributed by atoms with Gasteiger partial charge in [0.05, 0.1) is 6.04 Å². The molecule has 3 rings (SSSR count). The Bertz CT molecular complexity index is 579. The average Bonchev–Trinajstić information content (AvgIpc) is 3.29. The van der Waals surface area contributed by atoms with Crippen LogP contribution in [0.25, 0.3) is 0 Å². The van der Waals surface area contributed by atoms with Crippen LogP contribution in [0, 0.1) is 5.92 Å². The van der Waals surface area contributed by atoms with Crippen molar-refractivity contribution in [3.63, 3.8) is 0 Å². The second-order valence-electron chi connectivity index (χ2n) is 5.50. The van der Waals surface area contributed by atoms with Gasteiger partial charge in [-0.25, -0.2) is 0 Å². The minimum atomic E-state index is 0.0701. The topological polar surface area (TPSA) is 29.1 Å². The monoisotopic (exact) mass is 265 g/mol. The van der Waals surface area contributed by atoms with Crippen LogP contribution in [0.2, 0.25) is 0 Å². The van der Waals surface area contributed by atoms with Crippen molar-refractivity contribution < 1.29 is 4.79 Å². The van der Waals surface area contributed by atoms with Crippen LogP contribution in [-0.4, -0.2) is 5.91 Å². The van der Waals surface area contributed by atoms with Gasteiger partial charge in [0, 0.05) is 5.92 Å². The van der Waals surface area contributed by atoms with E-state index in [2.05, 4.69) is 17.4 Å². The highest BCUT2D eigenvalue weighted by Gasteiger charge is 2.44. The summed E-state index contributed by atoms with van der Waals surface area (Å²) >= 11 is 0. The lowest BCUT2D eigenvalue weighted by Crippen LogP contribution is -2.28. The zero-order valence-corrected chi connectivity index (χ0v) is 11.6. The number of carbonyl (C=O) groups excluding carboxylic acids is 1. The maximum absolute atomic E-state index is 12.3. The fourth-order valence-corrected chi connectivity index (χ4v) is 2.70. The summed E-state index contributed by atoms with van der Waals surface area (Å²) in [7, 11) is 0. The third-order valence-electron chi connectivity index (χ3n) is 4.01. The number of benzene rings is 2. The van der Waals surface area contributed by atoms with Gasteiger partial charge >= 0.3 is 0 Å². The first-order valence-electron chi connectivity index (χ1n) is 7.16. The van der Waals surface area contributed by atoms with Gasteiger partial charge < -0.3 is 5.32 Å². The second kappa shape index (κ2) is 5.49. The van der Waals surface area contributed by atoms with E-state index in [1.807, 2.05) is 55.5 Å². The van der Waals surface area contributed by atoms with Gasteiger partial charge in [-0.1, -0.05) is 60.7 Å². The van der Waals surface area contributed by atoms with E-state index in [1.54, 1.807) is 0 Å². The first-order valence-corrected chi connectivity index (χ1v) is 7.16. The van der Waals surface area contributed by atoms with Crippen LogP contribution in [0.1, 0.15) is 36.4 Å². The number of hydrogen-bond acceptors (Lipinski definition) is 1. The fraction of sp³-hybridized carbons (Fsp3) is 0.278. The van der Waals surface area contributed by atoms with E-state index in [0.717, 1.165) is 12.0 Å². The standard InChI is InChI=1S/C18H19NO/c1-13(14-8-4-2-5-9-14)19-18(20)17-12-16(17)15-10-6-3-7-11-15/h2-11,13,16-17H,12H2,1H3,(H,19,20)/t13-,16-,17-/m1/s1. The predicted molar refractivity (Wildman–Crippen MR) is 80.3 cm³/mol. The lowest BCUT2D eigenvalue weighted by molar-refractivity contribution is -0.123. The Morgan fingerprint density at radius 3 is 2.30 bits per heavy atom. The zero-order valence-electron chi connectivity index (χ0n) is 11.6. The highest BCUT2D eigenvalue weighted by Crippen LogP contribution is 2.47. The highest BCUT2D eigenvalue weighted by atomic mass is 16.2. The molecule has 1 fully saturated rings. The second-order valence-corrected chi connectivity index (χ2v) is 5.50. The summed E-state index contributed by atoms with van der Waals surface area (Å²) in [6, 6.07) is 20.5. The summed E-state index contributed by atoms with van der Waals surface area (Å²) in [6.07, 6.45) is 0.970. The first kappa shape index (κ1) is 12.9. The summed E-state index contributed by atoms with van der Waals surface area (Å²) in [5.74, 6) is 0.720. The molecule has 1 saturated carbocycles. The quantitative estimate of drug-likeness (QED) is 0.898. The smallest absolute Gasteiger partial charge is 0.224 e. The molecular formula is C18H19NO. The molecular weight excluding hydrogens is 246 g/mol. The number of nitrogens with one attached hydrogen (secondary N) is 1. The SMILES string of the molecule is C[C@@H](NC(=O)[C@@H]1C[C@@H]1c1ccccc1)c1ccccc1. The van der Waals surface area contributed by atoms with Gasteiger partial charge in [-0.05, 0) is 30.4 Å². The van der Waals surface area contributed by atoms with Gasteiger partial charge in [0.1, 0.15) is 0 Å². The van der Waals surface area contributed by atoms with Crippen LogP contribution >= 0.6 is 0 Å². The Hall–Kier alpha value is -2.09. The molecule has 2 aromatic carbocycles. The van der Waals surface area contributed by atoms with E-state index in [1.165, 1.54) is 5.56 Å². The largest absolute Gasteiger partial charge is 0.349 e. The van der Waals surface area contributed by atoms with E-state index in [-0.39, 0.29) is 17.9 Å². The Morgan fingerprint density at radius 1 is 1.05 bits per heavy atom. The Labute approximate surface area is 119 Å². The predicted octanol–water partition coefficient (Wildman–Crippen LogP) is 3.67. The van der Waals surface area contributed by atoms with Crippen LogP contribution < -0.4 is 5.32 Å². The molecule has 2 heteroatoms. The minimum Gasteiger partial charge on any atom is -0.349 e. The number of amides is 1. The first-order chi connectivity index (χ1) is 9.75. The number of carbonyl (C=O) groups is 1. The summed E-state index contributed by atoms with van der Waals surface area (Å²) in [6.45, 7) is 2.03. The summed E-state index contributed by atoms with van der Waals surface area (Å²) < 4.78 is 0. The maximum Gasteiger partial charge on any atom is 0.224 e. The van der Waals surface area contributed by atoms with Crippen LogP contribution in [0.15, 0.2) is 60.7 Å². The Kier molecular flexibility index (Phi) is 3.55. The normalized spacial score (nSPS) is 22.1. The molecule has 0 radical (unpaired) electrons. The average molecular weight is 265 g/mol. The molecule has 3 atom stereocenters. The molecule has 0 heterocycles. The van der Waals surface area contributed by atoms with Gasteiger partial charge in [-0.3, -0.25) is 4.79 Å². The van der Waals surface area contributed by atoms with Crippen molar-refractivity contribution in [2.45, 2.75) is 25.3 Å². The summed E-state index contributed by atoms with van der Waals surface area (Å²) in [5, 5.41) is 3.12. The molecule has 1 aliphatic rings. The van der Waals surface area contributed by atoms with Crippen molar-refractivity contribution in [1.82, 2.24) is 5.32 Å². The van der Waals surface area contributed by atoms with Gasteiger partial charge in [0.25, 0.3) is 0 Å². The van der Waals surface area contributed by atoms with E-state index in [0.29, 0.717) is 5.92 Å². The van der Waals surface area contributed by atoms with Crippen molar-refractivity contribution >= 4 is 5.91 Å². The number of rotatable bonds is 4. The van der Waals surface area contributed by atoms with Crippen molar-refractivity contribution in [2.24, 2.45) is 5.92 Å². The molecule has 2 nitrogen and oxygen atoms in total. The van der Waals surface area contributed by atoms with Gasteiger partial charge in [0.15, 0.2) is 0 Å². The van der Waals surface area contributed by atoms with Crippen LogP contribution in [0.3, 0.4) is 0 Å². The van der Waals surface area contributed by atoms with Crippen molar-refractivity contribution in [2.75, 3.05) is 0 Å². The molecule has 1 N–H and O–H groups in total. The summed E-state index contributed by atoms with van der Waals surface area (Å²) in [5.41, 5.74) is 2.43. The van der Waals surface area contributed by atoms with Crippen LogP contribution in [0.5, 0.6) is 0 Å². The molecule has 0 aliphatic heterocycles. The van der Waals surface area contributed by atoms with Gasteiger partial charge in [-0.2, -0.15) is 0 Å². The van der Waals surface area contributed by atoms with Crippen molar-refractivity contribution in [3.8, 4) is 0 Å². The molecule has 102 valence electrons. The van der Waals surface area contributed by atoms with Crippen molar-refractivity contribution in [3.05, 3.63) is 71.8 Å². The molecule has 0 aromatic heterocycles. The highest BCUT2D eigenvalue weighted by molar-refractivity contribution is 5.83. The molecule has 0 unspecified atom stereocenters. The fourth-order valence-electron chi connectivity index (χ4n) is 2.70. The molecule has 0 spiro atoms. The number of hydrogen-bond donors (Lipinski definition) is 1. The lowest BCUT2D eigenvalue weighted by atomic mass is 10.1. The maximum atomic E-state index is 12.3. The van der Waals surface area contributed by atoms with E-state index >= 15 is 0 Å². The Morgan fingerprint density at radius 2 is 1.65 bits per heavy atom. The third-order valence-corrected chi connectivity index (χ3v) is 4.01. The molecule has 20 heavy (non-hydrogen) atoms. The minimum absolute atomic E-state index is 0.0701. The third kappa shape index (κ3) is 2.74. The van der Waals surface area contributed by atoms with E-state index < -0.39 is 0 Å². The van der Waals surface area contributed by atoms with E-state index in [9.17, 15) is 4.79 Å². The molecule has 1 amide bonds. The molecule has 0 saturated heterocycles. The summed E-state index contributed by atoms with van der Waals surface area (Å²) in [4.78, 5) is 12.3. The molecule has 2 aromatic rings. The van der Waals surface area contributed by atoms with Crippen LogP contribution in [-0.2, 0) is 4.79 Å². The van der Waals surface area contributed by atoms with Crippen molar-refractivity contribution in [1.29, 1.82) is 0 Å². The van der Waals surface area contributed by atoms with Gasteiger partial charge in [0.2, 0.25) is 5.91 Å². The van der Waals surface area contributed by atoms with E-state index in [4.69, 9.17) is 0 Å². The Balaban J connectivity index is 1.59. The van der Waals surface area contributed by atoms with Crippen LogP contribution in [0.4, 0.5) is 0 Å². The molecule has 1 aliphatic carbocycles.